The molecular weight excluding hydrogens is 222 g/mol. The molecule has 0 spiro atoms. The zero-order chi connectivity index (χ0) is 12.4. The third-order valence-corrected chi connectivity index (χ3v) is 3.25. The van der Waals surface area contributed by atoms with Crippen LogP contribution >= 0.6 is 0 Å². The standard InChI is InChI=1S/C16H15NO/c1-16(14-10-6-3-7-11-14)12-17-15(18-16)13-8-4-2-5-9-13/h2-11H,12H2,1H3/t16-/m0/s1. The first-order valence-corrected chi connectivity index (χ1v) is 6.12. The van der Waals surface area contributed by atoms with Crippen molar-refractivity contribution in [3.63, 3.8) is 0 Å². The lowest BCUT2D eigenvalue weighted by molar-refractivity contribution is 0.108. The second kappa shape index (κ2) is 4.30. The summed E-state index contributed by atoms with van der Waals surface area (Å²) in [5.41, 5.74) is 1.86. The summed E-state index contributed by atoms with van der Waals surface area (Å²) in [4.78, 5) is 4.53. The number of hydrogen-bond donors (Lipinski definition) is 0. The summed E-state index contributed by atoms with van der Waals surface area (Å²) in [7, 11) is 0. The van der Waals surface area contributed by atoms with Gasteiger partial charge in [-0.2, -0.15) is 0 Å². The minimum absolute atomic E-state index is 0.341. The largest absolute Gasteiger partial charge is 0.464 e. The number of nitrogens with zero attached hydrogens (tertiary/aromatic N) is 1. The fourth-order valence-electron chi connectivity index (χ4n) is 2.17. The highest BCUT2D eigenvalue weighted by Gasteiger charge is 2.35. The molecule has 0 saturated carbocycles. The van der Waals surface area contributed by atoms with Crippen molar-refractivity contribution in [2.75, 3.05) is 6.54 Å². The van der Waals surface area contributed by atoms with E-state index in [9.17, 15) is 0 Å². The molecule has 0 aliphatic carbocycles. The number of aliphatic imine (C=N–C) groups is 1. The van der Waals surface area contributed by atoms with Crippen LogP contribution in [0.4, 0.5) is 0 Å². The highest BCUT2D eigenvalue weighted by Crippen LogP contribution is 2.31. The van der Waals surface area contributed by atoms with Crippen molar-refractivity contribution in [3.8, 4) is 0 Å². The number of rotatable bonds is 2. The summed E-state index contributed by atoms with van der Waals surface area (Å²) in [5, 5.41) is 0. The monoisotopic (exact) mass is 237 g/mol. The topological polar surface area (TPSA) is 21.6 Å². The Labute approximate surface area is 107 Å². The van der Waals surface area contributed by atoms with E-state index in [1.165, 1.54) is 5.56 Å². The minimum Gasteiger partial charge on any atom is -0.464 e. The molecule has 0 bridgehead atoms. The van der Waals surface area contributed by atoms with Gasteiger partial charge in [-0.15, -0.1) is 0 Å². The first-order valence-electron chi connectivity index (χ1n) is 6.12. The summed E-state index contributed by atoms with van der Waals surface area (Å²) in [6.45, 7) is 2.75. The molecule has 1 aliphatic heterocycles. The third-order valence-electron chi connectivity index (χ3n) is 3.25. The SMILES string of the molecule is C[C@@]1(c2ccccc2)CN=C(c2ccccc2)O1. The molecule has 1 heterocycles. The molecule has 18 heavy (non-hydrogen) atoms. The van der Waals surface area contributed by atoms with Crippen LogP contribution in [0.5, 0.6) is 0 Å². The van der Waals surface area contributed by atoms with Crippen LogP contribution in [0, 0.1) is 0 Å². The van der Waals surface area contributed by atoms with Gasteiger partial charge in [0.05, 0.1) is 6.54 Å². The third kappa shape index (κ3) is 1.90. The van der Waals surface area contributed by atoms with Crippen LogP contribution in [0.3, 0.4) is 0 Å². The Balaban J connectivity index is 1.86. The molecule has 2 nitrogen and oxygen atoms in total. The molecule has 0 saturated heterocycles. The summed E-state index contributed by atoms with van der Waals surface area (Å²) in [6, 6.07) is 20.3. The van der Waals surface area contributed by atoms with E-state index in [-0.39, 0.29) is 5.60 Å². The first kappa shape index (κ1) is 11.0. The van der Waals surface area contributed by atoms with Gasteiger partial charge >= 0.3 is 0 Å². The van der Waals surface area contributed by atoms with Crippen LogP contribution in [0.1, 0.15) is 18.1 Å². The lowest BCUT2D eigenvalue weighted by atomic mass is 9.96. The van der Waals surface area contributed by atoms with Crippen molar-refractivity contribution < 1.29 is 4.74 Å². The average molecular weight is 237 g/mol. The van der Waals surface area contributed by atoms with Gasteiger partial charge in [0.15, 0.2) is 5.60 Å². The van der Waals surface area contributed by atoms with Crippen LogP contribution in [0.2, 0.25) is 0 Å². The number of benzene rings is 2. The fourth-order valence-corrected chi connectivity index (χ4v) is 2.17. The van der Waals surface area contributed by atoms with Gasteiger partial charge in [0.1, 0.15) is 0 Å². The van der Waals surface area contributed by atoms with E-state index in [0.717, 1.165) is 11.5 Å². The van der Waals surface area contributed by atoms with Gasteiger partial charge < -0.3 is 4.74 Å². The number of hydrogen-bond acceptors (Lipinski definition) is 2. The Morgan fingerprint density at radius 3 is 2.22 bits per heavy atom. The maximum absolute atomic E-state index is 6.07. The van der Waals surface area contributed by atoms with Crippen LogP contribution in [0.15, 0.2) is 65.7 Å². The highest BCUT2D eigenvalue weighted by atomic mass is 16.5. The average Bonchev–Trinajstić information content (AvgIpc) is 2.85. The maximum atomic E-state index is 6.07. The van der Waals surface area contributed by atoms with Crippen LogP contribution in [0.25, 0.3) is 0 Å². The molecule has 1 aliphatic rings. The predicted molar refractivity (Wildman–Crippen MR) is 72.7 cm³/mol. The maximum Gasteiger partial charge on any atom is 0.217 e. The molecule has 0 unspecified atom stereocenters. The Morgan fingerprint density at radius 2 is 1.56 bits per heavy atom. The Bertz CT molecular complexity index is 562. The van der Waals surface area contributed by atoms with Crippen molar-refractivity contribution in [2.45, 2.75) is 12.5 Å². The van der Waals surface area contributed by atoms with Gasteiger partial charge in [-0.25, -0.2) is 4.99 Å². The van der Waals surface area contributed by atoms with Crippen molar-refractivity contribution in [1.29, 1.82) is 0 Å². The van der Waals surface area contributed by atoms with Crippen LogP contribution in [-0.4, -0.2) is 12.4 Å². The molecule has 0 N–H and O–H groups in total. The van der Waals surface area contributed by atoms with Crippen LogP contribution < -0.4 is 0 Å². The number of ether oxygens (including phenoxy) is 1. The molecule has 90 valence electrons. The Kier molecular flexibility index (Phi) is 2.63. The molecule has 3 rings (SSSR count). The predicted octanol–water partition coefficient (Wildman–Crippen LogP) is 3.38. The van der Waals surface area contributed by atoms with Gasteiger partial charge in [0.2, 0.25) is 5.90 Å². The lowest BCUT2D eigenvalue weighted by Crippen LogP contribution is -2.26. The van der Waals surface area contributed by atoms with E-state index in [1.807, 2.05) is 48.5 Å². The van der Waals surface area contributed by atoms with Gasteiger partial charge in [0, 0.05) is 5.56 Å². The van der Waals surface area contributed by atoms with E-state index in [2.05, 4.69) is 24.0 Å². The molecule has 2 heteroatoms. The second-order valence-electron chi connectivity index (χ2n) is 4.69. The van der Waals surface area contributed by atoms with Gasteiger partial charge in [0.25, 0.3) is 0 Å². The highest BCUT2D eigenvalue weighted by molar-refractivity contribution is 5.95. The van der Waals surface area contributed by atoms with E-state index >= 15 is 0 Å². The second-order valence-corrected chi connectivity index (χ2v) is 4.69. The quantitative estimate of drug-likeness (QED) is 0.784. The smallest absolute Gasteiger partial charge is 0.217 e. The Morgan fingerprint density at radius 1 is 0.944 bits per heavy atom. The van der Waals surface area contributed by atoms with Gasteiger partial charge in [-0.05, 0) is 24.6 Å². The van der Waals surface area contributed by atoms with E-state index in [0.29, 0.717) is 6.54 Å². The van der Waals surface area contributed by atoms with E-state index in [4.69, 9.17) is 4.74 Å². The lowest BCUT2D eigenvalue weighted by Gasteiger charge is -2.24. The van der Waals surface area contributed by atoms with E-state index < -0.39 is 0 Å². The van der Waals surface area contributed by atoms with Crippen molar-refractivity contribution in [2.24, 2.45) is 4.99 Å². The van der Waals surface area contributed by atoms with E-state index in [1.54, 1.807) is 0 Å². The normalized spacial score (nSPS) is 22.4. The molecule has 2 aromatic carbocycles. The molecule has 0 amide bonds. The molecular formula is C16H15NO. The summed E-state index contributed by atoms with van der Waals surface area (Å²) >= 11 is 0. The van der Waals surface area contributed by atoms with Crippen molar-refractivity contribution in [1.82, 2.24) is 0 Å². The Hall–Kier alpha value is -2.09. The first-order chi connectivity index (χ1) is 8.78. The molecule has 2 aromatic rings. The zero-order valence-electron chi connectivity index (χ0n) is 10.3. The van der Waals surface area contributed by atoms with Crippen molar-refractivity contribution in [3.05, 3.63) is 71.8 Å². The van der Waals surface area contributed by atoms with Crippen LogP contribution in [-0.2, 0) is 10.3 Å². The molecule has 0 fully saturated rings. The van der Waals surface area contributed by atoms with Crippen molar-refractivity contribution >= 4 is 5.90 Å². The molecule has 1 atom stereocenters. The fraction of sp³-hybridized carbons (Fsp3) is 0.188. The minimum atomic E-state index is -0.341. The molecule has 0 aromatic heterocycles. The molecule has 0 radical (unpaired) electrons. The summed E-state index contributed by atoms with van der Waals surface area (Å²) < 4.78 is 6.07. The summed E-state index contributed by atoms with van der Waals surface area (Å²) in [6.07, 6.45) is 0. The zero-order valence-corrected chi connectivity index (χ0v) is 10.3. The van der Waals surface area contributed by atoms with Gasteiger partial charge in [-0.1, -0.05) is 48.5 Å². The van der Waals surface area contributed by atoms with Gasteiger partial charge in [-0.3, -0.25) is 0 Å². The summed E-state index contributed by atoms with van der Waals surface area (Å²) in [5.74, 6) is 0.738.